The lowest BCUT2D eigenvalue weighted by atomic mass is 9.79. The molecule has 1 aromatic carbocycles. The van der Waals surface area contributed by atoms with E-state index in [-0.39, 0.29) is 15.1 Å². The highest BCUT2D eigenvalue weighted by Crippen LogP contribution is 2.41. The summed E-state index contributed by atoms with van der Waals surface area (Å²) in [6, 6.07) is 3.94. The molecule has 0 fully saturated rings. The lowest BCUT2D eigenvalue weighted by molar-refractivity contribution is 0.423. The van der Waals surface area contributed by atoms with E-state index >= 15 is 0 Å². The van der Waals surface area contributed by atoms with E-state index < -0.39 is 0 Å². The van der Waals surface area contributed by atoms with E-state index in [1.165, 1.54) is 43.9 Å². The molecule has 0 saturated heterocycles. The molecule has 7 heteroatoms. The highest BCUT2D eigenvalue weighted by molar-refractivity contribution is 8.03. The Bertz CT molecular complexity index is 1360. The number of phenolic OH excluding ortho intramolecular Hbond substituents is 1. The van der Waals surface area contributed by atoms with Crippen LogP contribution >= 0.6 is 23.5 Å². The number of unbranched alkanes of at least 4 members (excludes halogenated alkanes) is 5. The molecule has 2 aromatic rings. The summed E-state index contributed by atoms with van der Waals surface area (Å²) in [6.07, 6.45) is 12.5. The van der Waals surface area contributed by atoms with Crippen molar-refractivity contribution >= 4 is 35.2 Å². The smallest absolute Gasteiger partial charge is 0.232 e. The molecule has 0 spiro atoms. The first-order valence-corrected chi connectivity index (χ1v) is 15.4. The normalized spacial score (nSPS) is 10.8. The van der Waals surface area contributed by atoms with Crippen molar-refractivity contribution in [1.29, 1.82) is 0 Å². The van der Waals surface area contributed by atoms with E-state index in [1.54, 1.807) is 11.8 Å². The second-order valence-corrected chi connectivity index (χ2v) is 13.2. The van der Waals surface area contributed by atoms with E-state index in [2.05, 4.69) is 105 Å². The Kier molecular flexibility index (Phi) is 13.3. The van der Waals surface area contributed by atoms with Gasteiger partial charge in [-0.3, -0.25) is 0 Å². The second-order valence-electron chi connectivity index (χ2n) is 11.4. The van der Waals surface area contributed by atoms with E-state index in [4.69, 9.17) is 11.4 Å². The van der Waals surface area contributed by atoms with Crippen LogP contribution in [0.25, 0.3) is 0 Å². The van der Waals surface area contributed by atoms with Gasteiger partial charge in [0.05, 0.1) is 0 Å². The van der Waals surface area contributed by atoms with Crippen LogP contribution in [-0.2, 0) is 10.8 Å². The average Bonchev–Trinajstić information content (AvgIpc) is 2.87. The largest absolute Gasteiger partial charge is 0.507 e. The molecule has 2 rings (SSSR count). The highest BCUT2D eigenvalue weighted by atomic mass is 32.2. The van der Waals surface area contributed by atoms with Crippen molar-refractivity contribution in [2.24, 2.45) is 0 Å². The maximum absolute atomic E-state index is 11.1. The molecule has 5 nitrogen and oxygen atoms in total. The van der Waals surface area contributed by atoms with Crippen molar-refractivity contribution in [3.63, 3.8) is 0 Å². The van der Waals surface area contributed by atoms with Crippen molar-refractivity contribution < 1.29 is 9.39 Å². The Morgan fingerprint density at radius 2 is 1.40 bits per heavy atom. The predicted molar refractivity (Wildman–Crippen MR) is 177 cm³/mol. The number of hydrogen-bond donors (Lipinski definition) is 2. The number of hydrogen-bond acceptors (Lipinski definition) is 7. The molecule has 0 aliphatic heterocycles. The standard InChI is InChI=1S/C33H40N4OS2.3H2/c1-9-11-13-15-17-19-21-39-30-35-29(36-31(37-30)40-22-20-18-16-14-12-10-2)34-25-23-26(32(3,4)5)28(38)27(24-25)33(6,7)8;;;/h1,23-24,38H,10,12,14,16,18,20,22H2,2-8H3,(H,34,35,36,37);3*1H. The minimum atomic E-state index is -0.249. The first-order valence-electron chi connectivity index (χ1n) is 13.6. The van der Waals surface area contributed by atoms with Gasteiger partial charge in [-0.1, -0.05) is 92.3 Å². The van der Waals surface area contributed by atoms with E-state index in [0.29, 0.717) is 22.0 Å². The lowest BCUT2D eigenvalue weighted by Crippen LogP contribution is -2.18. The maximum atomic E-state index is 11.1. The minimum absolute atomic E-state index is 0. The number of anilines is 2. The molecular formula is C33H46N4OS2. The molecule has 0 aliphatic carbocycles. The first-order chi connectivity index (χ1) is 19.0. The molecule has 0 saturated carbocycles. The Morgan fingerprint density at radius 1 is 0.825 bits per heavy atom. The van der Waals surface area contributed by atoms with E-state index in [9.17, 15) is 5.11 Å². The first kappa shape index (κ1) is 33.0. The van der Waals surface area contributed by atoms with Gasteiger partial charge in [0.1, 0.15) is 5.75 Å². The summed E-state index contributed by atoms with van der Waals surface area (Å²) in [5, 5.41) is 18.5. The van der Waals surface area contributed by atoms with Crippen molar-refractivity contribution in [2.45, 2.75) is 108 Å². The third kappa shape index (κ3) is 11.5. The Labute approximate surface area is 254 Å². The van der Waals surface area contributed by atoms with Crippen LogP contribution in [0, 0.1) is 47.2 Å². The SMILES string of the molecule is C#CC#CC#CC#CSc1nc(Nc2cc(C(C)(C)C)c(O)c(C(C)(C)C)c2)nc(SCCCCCCCC)n1.[HH].[HH].[HH]. The molecule has 0 radical (unpaired) electrons. The molecule has 0 unspecified atom stereocenters. The average molecular weight is 579 g/mol. The molecule has 216 valence electrons. The van der Waals surface area contributed by atoms with Gasteiger partial charge in [0.25, 0.3) is 0 Å². The number of nitrogens with one attached hydrogen (secondary N) is 1. The lowest BCUT2D eigenvalue weighted by Gasteiger charge is -2.28. The number of thioether (sulfide) groups is 2. The van der Waals surface area contributed by atoms with Crippen LogP contribution in [0.1, 0.15) is 102 Å². The predicted octanol–water partition coefficient (Wildman–Crippen LogP) is 8.80. The summed E-state index contributed by atoms with van der Waals surface area (Å²) in [5.74, 6) is 16.8. The molecule has 0 atom stereocenters. The zero-order valence-corrected chi connectivity index (χ0v) is 26.4. The van der Waals surface area contributed by atoms with Gasteiger partial charge in [-0.05, 0) is 70.2 Å². The minimum Gasteiger partial charge on any atom is -0.507 e. The maximum Gasteiger partial charge on any atom is 0.232 e. The number of rotatable bonds is 11. The van der Waals surface area contributed by atoms with Crippen LogP contribution in [0.15, 0.2) is 22.4 Å². The number of benzene rings is 1. The van der Waals surface area contributed by atoms with Gasteiger partial charge in [0, 0.05) is 38.6 Å². The van der Waals surface area contributed by atoms with Crippen molar-refractivity contribution in [2.75, 3.05) is 11.1 Å². The van der Waals surface area contributed by atoms with Gasteiger partial charge in [-0.15, -0.1) is 6.42 Å². The number of nitrogens with zero attached hydrogens (tertiary/aromatic N) is 3. The fourth-order valence-corrected chi connectivity index (χ4v) is 5.10. The van der Waals surface area contributed by atoms with E-state index in [0.717, 1.165) is 29.0 Å². The van der Waals surface area contributed by atoms with Crippen LogP contribution in [0.5, 0.6) is 5.75 Å². The third-order valence-electron chi connectivity index (χ3n) is 5.82. The third-order valence-corrected chi connectivity index (χ3v) is 7.32. The molecule has 40 heavy (non-hydrogen) atoms. The Balaban J connectivity index is 0. The summed E-state index contributed by atoms with van der Waals surface area (Å²) < 4.78 is 0. The topological polar surface area (TPSA) is 70.9 Å². The molecular weight excluding hydrogens is 533 g/mol. The zero-order chi connectivity index (χ0) is 29.6. The van der Waals surface area contributed by atoms with Crippen LogP contribution in [0.4, 0.5) is 11.6 Å². The van der Waals surface area contributed by atoms with Gasteiger partial charge in [-0.25, -0.2) is 0 Å². The highest BCUT2D eigenvalue weighted by Gasteiger charge is 2.27. The van der Waals surface area contributed by atoms with Gasteiger partial charge >= 0.3 is 0 Å². The van der Waals surface area contributed by atoms with Crippen LogP contribution < -0.4 is 5.32 Å². The van der Waals surface area contributed by atoms with E-state index in [1.807, 2.05) is 12.1 Å². The van der Waals surface area contributed by atoms with Gasteiger partial charge in [0.2, 0.25) is 11.1 Å². The van der Waals surface area contributed by atoms with Crippen LogP contribution in [-0.4, -0.2) is 25.8 Å². The molecule has 0 amide bonds. The Morgan fingerprint density at radius 3 is 2.02 bits per heavy atom. The summed E-state index contributed by atoms with van der Waals surface area (Å²) in [4.78, 5) is 13.9. The van der Waals surface area contributed by atoms with Crippen LogP contribution in [0.3, 0.4) is 0 Å². The number of aromatic nitrogens is 3. The quantitative estimate of drug-likeness (QED) is 0.119. The molecule has 1 aromatic heterocycles. The number of aromatic hydroxyl groups is 1. The van der Waals surface area contributed by atoms with Gasteiger partial charge < -0.3 is 10.4 Å². The summed E-state index contributed by atoms with van der Waals surface area (Å²) in [5.41, 5.74) is 2.04. The molecule has 0 bridgehead atoms. The van der Waals surface area contributed by atoms with Gasteiger partial charge in [-0.2, -0.15) is 15.0 Å². The monoisotopic (exact) mass is 578 g/mol. The summed E-state index contributed by atoms with van der Waals surface area (Å²) >= 11 is 2.81. The van der Waals surface area contributed by atoms with Crippen molar-refractivity contribution in [1.82, 2.24) is 15.0 Å². The molecule has 0 aliphatic rings. The second kappa shape index (κ2) is 16.1. The van der Waals surface area contributed by atoms with Crippen molar-refractivity contribution in [3.8, 4) is 52.9 Å². The fraction of sp³-hybridized carbons (Fsp3) is 0.485. The summed E-state index contributed by atoms with van der Waals surface area (Å²) in [6.45, 7) is 14.8. The number of terminal acetylenes is 1. The number of phenols is 1. The van der Waals surface area contributed by atoms with Gasteiger partial charge in [0.15, 0.2) is 5.16 Å². The van der Waals surface area contributed by atoms with Crippen molar-refractivity contribution in [3.05, 3.63) is 23.3 Å². The zero-order valence-electron chi connectivity index (χ0n) is 24.8. The molecule has 2 N–H and O–H groups in total. The fourth-order valence-electron chi connectivity index (χ4n) is 3.76. The molecule has 1 heterocycles. The summed E-state index contributed by atoms with van der Waals surface area (Å²) in [7, 11) is 0. The Hall–Kier alpha value is -3.23. The van der Waals surface area contributed by atoms with Crippen LogP contribution in [0.2, 0.25) is 0 Å².